The zero-order valence-corrected chi connectivity index (χ0v) is 9.41. The topological polar surface area (TPSA) is 0 Å². The van der Waals surface area contributed by atoms with Crippen LogP contribution in [0.25, 0.3) is 0 Å². The highest BCUT2D eigenvalue weighted by atomic mass is 14.4. The molecule has 1 aliphatic rings. The predicted octanol–water partition coefficient (Wildman–Crippen LogP) is 4.25. The van der Waals surface area contributed by atoms with Crippen LogP contribution in [-0.2, 0) is 0 Å². The van der Waals surface area contributed by atoms with Crippen molar-refractivity contribution in [1.82, 2.24) is 0 Å². The van der Waals surface area contributed by atoms with Crippen molar-refractivity contribution < 1.29 is 0 Å². The summed E-state index contributed by atoms with van der Waals surface area (Å²) in [6.07, 6.45) is 5.74. The molecule has 0 aromatic heterocycles. The third kappa shape index (κ3) is 2.80. The van der Waals surface area contributed by atoms with E-state index in [0.717, 1.165) is 5.92 Å². The molecule has 0 heteroatoms. The normalized spacial score (nSPS) is 37.2. The van der Waals surface area contributed by atoms with E-state index in [1.54, 1.807) is 0 Å². The van der Waals surface area contributed by atoms with Crippen LogP contribution in [0.15, 0.2) is 0 Å². The first-order valence-corrected chi connectivity index (χ1v) is 5.31. The lowest BCUT2D eigenvalue weighted by Crippen LogP contribution is -2.20. The van der Waals surface area contributed by atoms with Gasteiger partial charge in [0.2, 0.25) is 0 Å². The molecule has 0 spiro atoms. The Hall–Kier alpha value is 0. The van der Waals surface area contributed by atoms with Gasteiger partial charge in [0, 0.05) is 0 Å². The molecule has 2 unspecified atom stereocenters. The van der Waals surface area contributed by atoms with Gasteiger partial charge < -0.3 is 0 Å². The minimum Gasteiger partial charge on any atom is -0.0625 e. The summed E-state index contributed by atoms with van der Waals surface area (Å²) in [5, 5.41) is 0. The summed E-state index contributed by atoms with van der Waals surface area (Å²) in [6.45, 7) is 12.0. The number of hydrogen-bond donors (Lipinski definition) is 0. The largest absolute Gasteiger partial charge is 0.0625 e. The summed E-state index contributed by atoms with van der Waals surface area (Å²) >= 11 is 0. The van der Waals surface area contributed by atoms with Crippen LogP contribution in [-0.4, -0.2) is 0 Å². The van der Waals surface area contributed by atoms with E-state index in [9.17, 15) is 0 Å². The molecule has 1 aliphatic carbocycles. The molecule has 0 bridgehead atoms. The molecule has 0 aromatic rings. The molecule has 12 heavy (non-hydrogen) atoms. The van der Waals surface area contributed by atoms with Gasteiger partial charge >= 0.3 is 0 Å². The summed E-state index contributed by atoms with van der Waals surface area (Å²) in [5.41, 5.74) is 1.16. The summed E-state index contributed by atoms with van der Waals surface area (Å²) < 4.78 is 0. The van der Waals surface area contributed by atoms with Crippen molar-refractivity contribution in [2.45, 2.75) is 60.3 Å². The van der Waals surface area contributed by atoms with E-state index >= 15 is 0 Å². The Balaban J connectivity index is 2.51. The predicted molar refractivity (Wildman–Crippen MR) is 55.2 cm³/mol. The quantitative estimate of drug-likeness (QED) is 0.549. The molecule has 0 heterocycles. The molecule has 72 valence electrons. The first-order valence-electron chi connectivity index (χ1n) is 5.31. The van der Waals surface area contributed by atoms with Crippen LogP contribution in [0.1, 0.15) is 60.3 Å². The van der Waals surface area contributed by atoms with Gasteiger partial charge in [-0.1, -0.05) is 41.0 Å². The highest BCUT2D eigenvalue weighted by Gasteiger charge is 2.35. The molecule has 0 nitrogen and oxygen atoms in total. The van der Waals surface area contributed by atoms with Crippen LogP contribution in [0.3, 0.4) is 0 Å². The van der Waals surface area contributed by atoms with E-state index in [1.165, 1.54) is 25.7 Å². The van der Waals surface area contributed by atoms with E-state index in [0.29, 0.717) is 10.8 Å². The van der Waals surface area contributed by atoms with Gasteiger partial charge in [0.05, 0.1) is 0 Å². The van der Waals surface area contributed by atoms with E-state index in [-0.39, 0.29) is 0 Å². The Morgan fingerprint density at radius 1 is 1.33 bits per heavy atom. The first kappa shape index (κ1) is 10.1. The molecule has 0 aromatic carbocycles. The fraction of sp³-hybridized carbons (Fsp3) is 1.00. The SMILES string of the molecule is CC1CCC(C)(CC(C)(C)C)C1. The standard InChI is InChI=1S/C12H24/c1-10-6-7-12(5,8-10)9-11(2,3)4/h10H,6-9H2,1-5H3. The average molecular weight is 168 g/mol. The molecule has 1 fully saturated rings. The van der Waals surface area contributed by atoms with Gasteiger partial charge in [0.15, 0.2) is 0 Å². The monoisotopic (exact) mass is 168 g/mol. The summed E-state index contributed by atoms with van der Waals surface area (Å²) in [5.74, 6) is 0.970. The molecule has 1 saturated carbocycles. The zero-order valence-electron chi connectivity index (χ0n) is 9.41. The van der Waals surface area contributed by atoms with Crippen LogP contribution in [0, 0.1) is 16.7 Å². The number of hydrogen-bond acceptors (Lipinski definition) is 0. The molecular weight excluding hydrogens is 144 g/mol. The van der Waals surface area contributed by atoms with Crippen molar-refractivity contribution in [2.75, 3.05) is 0 Å². The zero-order chi connectivity index (χ0) is 9.41. The second-order valence-electron chi connectivity index (χ2n) is 6.40. The van der Waals surface area contributed by atoms with Crippen molar-refractivity contribution in [1.29, 1.82) is 0 Å². The van der Waals surface area contributed by atoms with Crippen LogP contribution in [0.5, 0.6) is 0 Å². The van der Waals surface area contributed by atoms with Crippen LogP contribution >= 0.6 is 0 Å². The third-order valence-corrected chi connectivity index (χ3v) is 3.04. The number of rotatable bonds is 1. The minimum absolute atomic E-state index is 0.513. The highest BCUT2D eigenvalue weighted by Crippen LogP contribution is 2.47. The molecule has 0 N–H and O–H groups in total. The maximum atomic E-state index is 2.47. The lowest BCUT2D eigenvalue weighted by atomic mass is 9.74. The van der Waals surface area contributed by atoms with Crippen molar-refractivity contribution >= 4 is 0 Å². The molecule has 2 atom stereocenters. The first-order chi connectivity index (χ1) is 5.31. The highest BCUT2D eigenvalue weighted by molar-refractivity contribution is 4.87. The van der Waals surface area contributed by atoms with Crippen LogP contribution < -0.4 is 0 Å². The van der Waals surface area contributed by atoms with Gasteiger partial charge in [0.25, 0.3) is 0 Å². The Morgan fingerprint density at radius 2 is 1.92 bits per heavy atom. The smallest absolute Gasteiger partial charge is 0.0318 e. The summed E-state index contributed by atoms with van der Waals surface area (Å²) in [6, 6.07) is 0. The molecule has 0 saturated heterocycles. The van der Waals surface area contributed by atoms with Crippen LogP contribution in [0.2, 0.25) is 0 Å². The van der Waals surface area contributed by atoms with E-state index in [2.05, 4.69) is 34.6 Å². The molecule has 0 radical (unpaired) electrons. The maximum Gasteiger partial charge on any atom is -0.0318 e. The average Bonchev–Trinajstić information content (AvgIpc) is 2.05. The van der Waals surface area contributed by atoms with Crippen molar-refractivity contribution in [2.24, 2.45) is 16.7 Å². The molecular formula is C12H24. The van der Waals surface area contributed by atoms with Crippen molar-refractivity contribution in [3.05, 3.63) is 0 Å². The van der Waals surface area contributed by atoms with Gasteiger partial charge in [-0.3, -0.25) is 0 Å². The summed E-state index contributed by atoms with van der Waals surface area (Å²) in [4.78, 5) is 0. The van der Waals surface area contributed by atoms with Crippen molar-refractivity contribution in [3.63, 3.8) is 0 Å². The lowest BCUT2D eigenvalue weighted by Gasteiger charge is -2.32. The van der Waals surface area contributed by atoms with Gasteiger partial charge in [-0.05, 0) is 36.0 Å². The Kier molecular flexibility index (Phi) is 2.56. The van der Waals surface area contributed by atoms with E-state index in [1.807, 2.05) is 0 Å². The van der Waals surface area contributed by atoms with Gasteiger partial charge in [-0.25, -0.2) is 0 Å². The van der Waals surface area contributed by atoms with Gasteiger partial charge in [-0.2, -0.15) is 0 Å². The Morgan fingerprint density at radius 3 is 2.25 bits per heavy atom. The van der Waals surface area contributed by atoms with Crippen LogP contribution in [0.4, 0.5) is 0 Å². The molecule has 1 rings (SSSR count). The molecule has 0 aliphatic heterocycles. The second kappa shape index (κ2) is 3.05. The lowest BCUT2D eigenvalue weighted by molar-refractivity contribution is 0.192. The minimum atomic E-state index is 0.513. The van der Waals surface area contributed by atoms with Gasteiger partial charge in [-0.15, -0.1) is 0 Å². The molecule has 0 amide bonds. The van der Waals surface area contributed by atoms with Crippen molar-refractivity contribution in [3.8, 4) is 0 Å². The second-order valence-corrected chi connectivity index (χ2v) is 6.40. The van der Waals surface area contributed by atoms with E-state index in [4.69, 9.17) is 0 Å². The fourth-order valence-electron chi connectivity index (χ4n) is 3.08. The Labute approximate surface area is 77.7 Å². The fourth-order valence-corrected chi connectivity index (χ4v) is 3.08. The van der Waals surface area contributed by atoms with Gasteiger partial charge in [0.1, 0.15) is 0 Å². The van der Waals surface area contributed by atoms with E-state index < -0.39 is 0 Å². The Bertz CT molecular complexity index is 152. The third-order valence-electron chi connectivity index (χ3n) is 3.04. The maximum absolute atomic E-state index is 2.47. The summed E-state index contributed by atoms with van der Waals surface area (Å²) in [7, 11) is 0.